The summed E-state index contributed by atoms with van der Waals surface area (Å²) in [5.41, 5.74) is 1.12. The first-order chi connectivity index (χ1) is 8.85. The van der Waals surface area contributed by atoms with Gasteiger partial charge in [0.05, 0.1) is 5.60 Å². The number of pyridine rings is 1. The summed E-state index contributed by atoms with van der Waals surface area (Å²) in [7, 11) is 3.86. The molecule has 104 valence electrons. The number of aliphatic hydroxyl groups is 1. The third-order valence-electron chi connectivity index (χ3n) is 2.78. The second-order valence-electron chi connectivity index (χ2n) is 5.53. The highest BCUT2D eigenvalue weighted by Gasteiger charge is 2.21. The van der Waals surface area contributed by atoms with Crippen molar-refractivity contribution >= 4 is 11.6 Å². The Morgan fingerprint density at radius 2 is 2.21 bits per heavy atom. The maximum atomic E-state index is 10.2. The smallest absolute Gasteiger partial charge is 0.243 e. The molecule has 0 amide bonds. The molecule has 0 spiro atoms. The lowest BCUT2D eigenvalue weighted by atomic mass is 10.1. The van der Waals surface area contributed by atoms with Crippen LogP contribution in [-0.2, 0) is 0 Å². The number of hydrogen-bond donors (Lipinski definition) is 2. The monoisotopic (exact) mass is 263 g/mol. The standard InChI is InChI=1S/C13H21N5O/c1-10-5-6-18-11(7-10)15-12(16-18)14-8-13(2,19)9-17(3)4/h5-7,19H,8-9H2,1-4H3,(H,14,16). The second-order valence-corrected chi connectivity index (χ2v) is 5.53. The van der Waals surface area contributed by atoms with Crippen molar-refractivity contribution in [3.63, 3.8) is 0 Å². The van der Waals surface area contributed by atoms with Crippen LogP contribution >= 0.6 is 0 Å². The average Bonchev–Trinajstić information content (AvgIpc) is 2.66. The summed E-state index contributed by atoms with van der Waals surface area (Å²) in [6, 6.07) is 3.95. The molecule has 0 aliphatic carbocycles. The molecule has 2 heterocycles. The van der Waals surface area contributed by atoms with Gasteiger partial charge >= 0.3 is 0 Å². The maximum Gasteiger partial charge on any atom is 0.243 e. The molecule has 19 heavy (non-hydrogen) atoms. The van der Waals surface area contributed by atoms with E-state index in [-0.39, 0.29) is 0 Å². The Labute approximate surface area is 113 Å². The van der Waals surface area contributed by atoms with Gasteiger partial charge < -0.3 is 15.3 Å². The Morgan fingerprint density at radius 1 is 1.47 bits per heavy atom. The fraction of sp³-hybridized carbons (Fsp3) is 0.538. The fourth-order valence-corrected chi connectivity index (χ4v) is 2.06. The van der Waals surface area contributed by atoms with Gasteiger partial charge in [-0.05, 0) is 45.6 Å². The lowest BCUT2D eigenvalue weighted by Crippen LogP contribution is -2.43. The molecular weight excluding hydrogens is 242 g/mol. The van der Waals surface area contributed by atoms with Crippen LogP contribution in [-0.4, -0.2) is 57.4 Å². The molecule has 0 aromatic carbocycles. The van der Waals surface area contributed by atoms with E-state index in [9.17, 15) is 5.11 Å². The largest absolute Gasteiger partial charge is 0.387 e. The van der Waals surface area contributed by atoms with Crippen LogP contribution in [0.5, 0.6) is 0 Å². The topological polar surface area (TPSA) is 65.7 Å². The molecule has 2 aromatic rings. The van der Waals surface area contributed by atoms with Crippen molar-refractivity contribution in [2.24, 2.45) is 0 Å². The Bertz CT molecular complexity index is 561. The van der Waals surface area contributed by atoms with Crippen molar-refractivity contribution in [3.8, 4) is 0 Å². The van der Waals surface area contributed by atoms with E-state index in [1.54, 1.807) is 11.4 Å². The lowest BCUT2D eigenvalue weighted by Gasteiger charge is -2.26. The van der Waals surface area contributed by atoms with Crippen LogP contribution in [0, 0.1) is 6.92 Å². The van der Waals surface area contributed by atoms with Gasteiger partial charge in [0.1, 0.15) is 0 Å². The molecule has 0 aliphatic rings. The van der Waals surface area contributed by atoms with E-state index in [0.29, 0.717) is 19.0 Å². The van der Waals surface area contributed by atoms with Crippen molar-refractivity contribution in [3.05, 3.63) is 23.9 Å². The number of aryl methyl sites for hydroxylation is 1. The number of rotatable bonds is 5. The second kappa shape index (κ2) is 5.14. The number of nitrogens with zero attached hydrogens (tertiary/aromatic N) is 4. The molecule has 0 saturated heterocycles. The zero-order valence-corrected chi connectivity index (χ0v) is 11.9. The Balaban J connectivity index is 2.05. The van der Waals surface area contributed by atoms with Crippen molar-refractivity contribution in [2.45, 2.75) is 19.4 Å². The minimum atomic E-state index is -0.823. The van der Waals surface area contributed by atoms with Gasteiger partial charge in [0.25, 0.3) is 0 Å². The van der Waals surface area contributed by atoms with Gasteiger partial charge in [-0.1, -0.05) is 0 Å². The summed E-state index contributed by atoms with van der Waals surface area (Å²) in [5.74, 6) is 0.532. The molecule has 6 nitrogen and oxygen atoms in total. The molecule has 0 radical (unpaired) electrons. The normalized spacial score (nSPS) is 14.8. The van der Waals surface area contributed by atoms with E-state index < -0.39 is 5.60 Å². The zero-order chi connectivity index (χ0) is 14.0. The highest BCUT2D eigenvalue weighted by atomic mass is 16.3. The van der Waals surface area contributed by atoms with Gasteiger partial charge in [-0.15, -0.1) is 5.10 Å². The zero-order valence-electron chi connectivity index (χ0n) is 11.9. The first-order valence-electron chi connectivity index (χ1n) is 6.30. The molecule has 1 atom stereocenters. The van der Waals surface area contributed by atoms with Gasteiger partial charge in [0.2, 0.25) is 5.95 Å². The van der Waals surface area contributed by atoms with Gasteiger partial charge in [-0.3, -0.25) is 0 Å². The Kier molecular flexibility index (Phi) is 3.73. The quantitative estimate of drug-likeness (QED) is 0.834. The SMILES string of the molecule is Cc1ccn2nc(NCC(C)(O)CN(C)C)nc2c1. The minimum absolute atomic E-state index is 0.404. The summed E-state index contributed by atoms with van der Waals surface area (Å²) in [4.78, 5) is 6.32. The summed E-state index contributed by atoms with van der Waals surface area (Å²) < 4.78 is 1.72. The van der Waals surface area contributed by atoms with E-state index in [1.807, 2.05) is 44.2 Å². The number of fused-ring (bicyclic) bond motifs is 1. The van der Waals surface area contributed by atoms with E-state index >= 15 is 0 Å². The first-order valence-corrected chi connectivity index (χ1v) is 6.30. The Morgan fingerprint density at radius 3 is 2.89 bits per heavy atom. The van der Waals surface area contributed by atoms with Crippen LogP contribution in [0.4, 0.5) is 5.95 Å². The molecule has 2 rings (SSSR count). The fourth-order valence-electron chi connectivity index (χ4n) is 2.06. The summed E-state index contributed by atoms with van der Waals surface area (Å²) >= 11 is 0. The molecule has 0 bridgehead atoms. The van der Waals surface area contributed by atoms with E-state index in [4.69, 9.17) is 0 Å². The summed E-state index contributed by atoms with van der Waals surface area (Å²) in [6.07, 6.45) is 1.88. The predicted molar refractivity (Wildman–Crippen MR) is 75.4 cm³/mol. The maximum absolute atomic E-state index is 10.2. The van der Waals surface area contributed by atoms with Crippen LogP contribution in [0.3, 0.4) is 0 Å². The van der Waals surface area contributed by atoms with E-state index in [0.717, 1.165) is 11.2 Å². The molecular formula is C13H21N5O. The van der Waals surface area contributed by atoms with Gasteiger partial charge in [-0.25, -0.2) is 4.52 Å². The first kappa shape index (κ1) is 13.8. The van der Waals surface area contributed by atoms with Crippen molar-refractivity contribution in [1.82, 2.24) is 19.5 Å². The van der Waals surface area contributed by atoms with Crippen molar-refractivity contribution in [2.75, 3.05) is 32.5 Å². The number of nitrogens with one attached hydrogen (secondary N) is 1. The summed E-state index contributed by atoms with van der Waals surface area (Å²) in [5, 5.41) is 17.6. The van der Waals surface area contributed by atoms with Gasteiger partial charge in [0, 0.05) is 19.3 Å². The van der Waals surface area contributed by atoms with Crippen LogP contribution in [0.25, 0.3) is 5.65 Å². The summed E-state index contributed by atoms with van der Waals surface area (Å²) in [6.45, 7) is 4.79. The van der Waals surface area contributed by atoms with Crippen LogP contribution in [0.1, 0.15) is 12.5 Å². The van der Waals surface area contributed by atoms with Crippen molar-refractivity contribution < 1.29 is 5.11 Å². The molecule has 2 N–H and O–H groups in total. The van der Waals surface area contributed by atoms with Gasteiger partial charge in [-0.2, -0.15) is 4.98 Å². The number of hydrogen-bond acceptors (Lipinski definition) is 5. The van der Waals surface area contributed by atoms with E-state index in [2.05, 4.69) is 15.4 Å². The molecule has 1 unspecified atom stereocenters. The van der Waals surface area contributed by atoms with Crippen LogP contribution < -0.4 is 5.32 Å². The molecule has 0 aliphatic heterocycles. The molecule has 6 heteroatoms. The van der Waals surface area contributed by atoms with Crippen LogP contribution in [0.2, 0.25) is 0 Å². The lowest BCUT2D eigenvalue weighted by molar-refractivity contribution is 0.0458. The molecule has 0 fully saturated rings. The molecule has 2 aromatic heterocycles. The minimum Gasteiger partial charge on any atom is -0.387 e. The average molecular weight is 263 g/mol. The van der Waals surface area contributed by atoms with Crippen LogP contribution in [0.15, 0.2) is 18.3 Å². The van der Waals surface area contributed by atoms with Gasteiger partial charge in [0.15, 0.2) is 5.65 Å². The highest BCUT2D eigenvalue weighted by molar-refractivity contribution is 5.45. The third kappa shape index (κ3) is 3.65. The Hall–Kier alpha value is -1.66. The van der Waals surface area contributed by atoms with E-state index in [1.165, 1.54) is 0 Å². The number of likely N-dealkylation sites (N-methyl/N-ethyl adjacent to an activating group) is 1. The third-order valence-corrected chi connectivity index (χ3v) is 2.78. The number of anilines is 1. The number of aromatic nitrogens is 3. The highest BCUT2D eigenvalue weighted by Crippen LogP contribution is 2.10. The predicted octanol–water partition coefficient (Wildman–Crippen LogP) is 0.762. The van der Waals surface area contributed by atoms with Crippen molar-refractivity contribution in [1.29, 1.82) is 0 Å². The molecule has 0 saturated carbocycles.